The van der Waals surface area contributed by atoms with Gasteiger partial charge >= 0.3 is 0 Å². The molecule has 1 aromatic rings. The molecule has 0 spiro atoms. The van der Waals surface area contributed by atoms with E-state index in [0.717, 1.165) is 11.0 Å². The normalized spacial score (nSPS) is 12.8. The first-order valence-corrected chi connectivity index (χ1v) is 8.08. The van der Waals surface area contributed by atoms with Crippen molar-refractivity contribution in [1.82, 2.24) is 0 Å². The Morgan fingerprint density at radius 2 is 1.89 bits per heavy atom. The van der Waals surface area contributed by atoms with E-state index in [-0.39, 0.29) is 6.04 Å². The predicted octanol–water partition coefficient (Wildman–Crippen LogP) is 4.87. The molecule has 19 heavy (non-hydrogen) atoms. The highest BCUT2D eigenvalue weighted by atomic mass is 79.9. The molecule has 0 aromatic heterocycles. The van der Waals surface area contributed by atoms with Crippen molar-refractivity contribution < 1.29 is 0 Å². The molecule has 1 rings (SSSR count). The third-order valence-corrected chi connectivity index (χ3v) is 4.07. The summed E-state index contributed by atoms with van der Waals surface area (Å²) in [6.07, 6.45) is 3.80. The van der Waals surface area contributed by atoms with Gasteiger partial charge in [-0.15, -0.1) is 0 Å². The smallest absolute Gasteiger partial charge is 0.0513 e. The van der Waals surface area contributed by atoms with Crippen LogP contribution in [0.3, 0.4) is 0 Å². The van der Waals surface area contributed by atoms with Crippen LogP contribution in [0.25, 0.3) is 0 Å². The zero-order chi connectivity index (χ0) is 14.4. The number of halogens is 1. The fourth-order valence-electron chi connectivity index (χ4n) is 2.23. The standard InChI is InChI=1S/C16H27BrN2/c1-5-6-7-10-19(12(2)3)16-9-8-14(13(4)18)11-15(16)17/h8-9,11-13H,5-7,10,18H2,1-4H3/t13-/m1/s1. The van der Waals surface area contributed by atoms with Gasteiger partial charge in [-0.05, 0) is 60.8 Å². The summed E-state index contributed by atoms with van der Waals surface area (Å²) in [7, 11) is 0. The molecule has 1 aromatic carbocycles. The zero-order valence-corrected chi connectivity index (χ0v) is 14.2. The Morgan fingerprint density at radius 3 is 2.37 bits per heavy atom. The van der Waals surface area contributed by atoms with Gasteiger partial charge in [0, 0.05) is 23.1 Å². The second-order valence-corrected chi connectivity index (χ2v) is 6.35. The summed E-state index contributed by atoms with van der Waals surface area (Å²) in [5.74, 6) is 0. The van der Waals surface area contributed by atoms with Crippen LogP contribution in [0.15, 0.2) is 22.7 Å². The van der Waals surface area contributed by atoms with E-state index in [9.17, 15) is 0 Å². The second kappa shape index (κ2) is 7.91. The number of unbranched alkanes of at least 4 members (excludes halogenated alkanes) is 2. The Kier molecular flexibility index (Phi) is 6.87. The summed E-state index contributed by atoms with van der Waals surface area (Å²) in [5.41, 5.74) is 8.38. The van der Waals surface area contributed by atoms with Crippen LogP contribution in [-0.2, 0) is 0 Å². The van der Waals surface area contributed by atoms with Crippen LogP contribution in [0, 0.1) is 0 Å². The van der Waals surface area contributed by atoms with Gasteiger partial charge in [-0.2, -0.15) is 0 Å². The summed E-state index contributed by atoms with van der Waals surface area (Å²) in [5, 5.41) is 0. The molecule has 0 saturated carbocycles. The maximum atomic E-state index is 5.93. The highest BCUT2D eigenvalue weighted by molar-refractivity contribution is 9.10. The molecule has 108 valence electrons. The average molecular weight is 327 g/mol. The Labute approximate surface area is 126 Å². The first-order chi connectivity index (χ1) is 8.97. The minimum Gasteiger partial charge on any atom is -0.368 e. The third kappa shape index (κ3) is 4.81. The van der Waals surface area contributed by atoms with Crippen molar-refractivity contribution in [3.63, 3.8) is 0 Å². The van der Waals surface area contributed by atoms with Gasteiger partial charge < -0.3 is 10.6 Å². The van der Waals surface area contributed by atoms with Crippen LogP contribution in [0.2, 0.25) is 0 Å². The van der Waals surface area contributed by atoms with Gasteiger partial charge in [0.05, 0.1) is 5.69 Å². The first kappa shape index (κ1) is 16.5. The number of hydrogen-bond donors (Lipinski definition) is 1. The number of rotatable bonds is 7. The largest absolute Gasteiger partial charge is 0.368 e. The Bertz CT molecular complexity index is 388. The summed E-state index contributed by atoms with van der Waals surface area (Å²) in [6.45, 7) is 9.87. The number of nitrogens with zero attached hydrogens (tertiary/aromatic N) is 1. The van der Waals surface area contributed by atoms with E-state index in [2.05, 4.69) is 59.8 Å². The van der Waals surface area contributed by atoms with Gasteiger partial charge in [-0.1, -0.05) is 25.8 Å². The average Bonchev–Trinajstić information content (AvgIpc) is 2.35. The molecule has 0 unspecified atom stereocenters. The lowest BCUT2D eigenvalue weighted by Gasteiger charge is -2.30. The minimum absolute atomic E-state index is 0.0814. The Morgan fingerprint density at radius 1 is 1.21 bits per heavy atom. The van der Waals surface area contributed by atoms with Crippen LogP contribution < -0.4 is 10.6 Å². The van der Waals surface area contributed by atoms with Crippen molar-refractivity contribution in [3.8, 4) is 0 Å². The molecule has 3 heteroatoms. The summed E-state index contributed by atoms with van der Waals surface area (Å²) in [6, 6.07) is 7.07. The molecule has 0 aliphatic carbocycles. The summed E-state index contributed by atoms with van der Waals surface area (Å²) >= 11 is 3.70. The number of benzene rings is 1. The van der Waals surface area contributed by atoms with Crippen LogP contribution >= 0.6 is 15.9 Å². The van der Waals surface area contributed by atoms with Gasteiger partial charge in [0.25, 0.3) is 0 Å². The molecule has 0 heterocycles. The van der Waals surface area contributed by atoms with Crippen LogP contribution in [-0.4, -0.2) is 12.6 Å². The molecular weight excluding hydrogens is 300 g/mol. The number of anilines is 1. The highest BCUT2D eigenvalue weighted by Gasteiger charge is 2.14. The molecule has 0 fully saturated rings. The summed E-state index contributed by atoms with van der Waals surface area (Å²) in [4.78, 5) is 2.46. The molecule has 2 nitrogen and oxygen atoms in total. The molecule has 2 N–H and O–H groups in total. The quantitative estimate of drug-likeness (QED) is 0.724. The van der Waals surface area contributed by atoms with E-state index >= 15 is 0 Å². The van der Waals surface area contributed by atoms with Crippen molar-refractivity contribution in [2.24, 2.45) is 5.73 Å². The monoisotopic (exact) mass is 326 g/mol. The Balaban J connectivity index is 2.90. The lowest BCUT2D eigenvalue weighted by atomic mass is 10.1. The molecular formula is C16H27BrN2. The minimum atomic E-state index is 0.0814. The molecule has 1 atom stereocenters. The molecule has 0 bridgehead atoms. The molecule has 0 aliphatic rings. The topological polar surface area (TPSA) is 29.3 Å². The van der Waals surface area contributed by atoms with Gasteiger partial charge in [0.2, 0.25) is 0 Å². The fourth-order valence-corrected chi connectivity index (χ4v) is 2.85. The van der Waals surface area contributed by atoms with Crippen LogP contribution in [0.1, 0.15) is 58.6 Å². The molecule has 0 amide bonds. The lowest BCUT2D eigenvalue weighted by Crippen LogP contribution is -2.32. The lowest BCUT2D eigenvalue weighted by molar-refractivity contribution is 0.625. The van der Waals surface area contributed by atoms with Crippen molar-refractivity contribution in [2.45, 2.75) is 59.0 Å². The zero-order valence-electron chi connectivity index (χ0n) is 12.6. The van der Waals surface area contributed by atoms with Gasteiger partial charge in [-0.3, -0.25) is 0 Å². The number of hydrogen-bond acceptors (Lipinski definition) is 2. The van der Waals surface area contributed by atoms with E-state index in [4.69, 9.17) is 5.73 Å². The fraction of sp³-hybridized carbons (Fsp3) is 0.625. The second-order valence-electron chi connectivity index (χ2n) is 5.49. The van der Waals surface area contributed by atoms with E-state index in [1.807, 2.05) is 6.92 Å². The Hall–Kier alpha value is -0.540. The maximum absolute atomic E-state index is 5.93. The van der Waals surface area contributed by atoms with E-state index in [1.54, 1.807) is 0 Å². The van der Waals surface area contributed by atoms with Crippen molar-refractivity contribution in [1.29, 1.82) is 0 Å². The van der Waals surface area contributed by atoms with Crippen LogP contribution in [0.4, 0.5) is 5.69 Å². The van der Waals surface area contributed by atoms with Crippen molar-refractivity contribution >= 4 is 21.6 Å². The predicted molar refractivity (Wildman–Crippen MR) is 88.8 cm³/mol. The maximum Gasteiger partial charge on any atom is 0.0513 e. The molecule has 0 radical (unpaired) electrons. The van der Waals surface area contributed by atoms with E-state index in [0.29, 0.717) is 6.04 Å². The van der Waals surface area contributed by atoms with E-state index in [1.165, 1.54) is 30.5 Å². The van der Waals surface area contributed by atoms with Crippen LogP contribution in [0.5, 0.6) is 0 Å². The number of nitrogens with two attached hydrogens (primary N) is 1. The van der Waals surface area contributed by atoms with Gasteiger partial charge in [0.15, 0.2) is 0 Å². The SMILES string of the molecule is CCCCCN(c1ccc([C@@H](C)N)cc1Br)C(C)C. The first-order valence-electron chi connectivity index (χ1n) is 7.29. The van der Waals surface area contributed by atoms with Crippen molar-refractivity contribution in [2.75, 3.05) is 11.4 Å². The van der Waals surface area contributed by atoms with Crippen molar-refractivity contribution in [3.05, 3.63) is 28.2 Å². The third-order valence-electron chi connectivity index (χ3n) is 3.43. The van der Waals surface area contributed by atoms with E-state index < -0.39 is 0 Å². The molecule has 0 saturated heterocycles. The van der Waals surface area contributed by atoms with Gasteiger partial charge in [0.1, 0.15) is 0 Å². The molecule has 0 aliphatic heterocycles. The van der Waals surface area contributed by atoms with Gasteiger partial charge in [-0.25, -0.2) is 0 Å². The summed E-state index contributed by atoms with van der Waals surface area (Å²) < 4.78 is 1.15. The highest BCUT2D eigenvalue weighted by Crippen LogP contribution is 2.30.